The summed E-state index contributed by atoms with van der Waals surface area (Å²) in [6.45, 7) is 5.12. The fourth-order valence-corrected chi connectivity index (χ4v) is 1.74. The molecule has 0 aliphatic rings. The van der Waals surface area contributed by atoms with Gasteiger partial charge in [-0.2, -0.15) is 0 Å². The smallest absolute Gasteiger partial charge is 0.526 e. The first-order valence-electron chi connectivity index (χ1n) is 6.92. The standard InChI is InChI=1S/C16H18BO4/c1-3-18-13-7-5-9-15(11-13)20-17-21-16-10-6-8-14(12-16)19-4-2/h5-12H,3-4H2,1-2H3. The minimum Gasteiger partial charge on any atom is -0.526 e. The first-order chi connectivity index (χ1) is 10.3. The zero-order valence-electron chi connectivity index (χ0n) is 12.2. The molecule has 0 amide bonds. The number of rotatable bonds is 8. The minimum absolute atomic E-state index is 0.619. The van der Waals surface area contributed by atoms with Crippen LogP contribution in [0.2, 0.25) is 0 Å². The fourth-order valence-electron chi connectivity index (χ4n) is 1.74. The second-order valence-electron chi connectivity index (χ2n) is 4.15. The number of hydrogen-bond acceptors (Lipinski definition) is 4. The van der Waals surface area contributed by atoms with Crippen LogP contribution in [0.15, 0.2) is 48.5 Å². The van der Waals surface area contributed by atoms with Crippen LogP contribution in [0.3, 0.4) is 0 Å². The van der Waals surface area contributed by atoms with Crippen LogP contribution in [-0.2, 0) is 0 Å². The highest BCUT2D eigenvalue weighted by Crippen LogP contribution is 2.21. The van der Waals surface area contributed by atoms with E-state index in [-0.39, 0.29) is 0 Å². The van der Waals surface area contributed by atoms with Gasteiger partial charge in [-0.15, -0.1) is 0 Å². The summed E-state index contributed by atoms with van der Waals surface area (Å²) in [5.41, 5.74) is 0. The molecule has 2 rings (SSSR count). The Hall–Kier alpha value is -2.30. The summed E-state index contributed by atoms with van der Waals surface area (Å²) >= 11 is 0. The SMILES string of the molecule is CCOc1cccc(O[B]Oc2cccc(OCC)c2)c1. The van der Waals surface area contributed by atoms with Crippen molar-refractivity contribution in [3.8, 4) is 23.0 Å². The maximum atomic E-state index is 5.43. The normalized spacial score (nSPS) is 9.81. The van der Waals surface area contributed by atoms with Gasteiger partial charge in [0.1, 0.15) is 23.0 Å². The molecule has 5 heteroatoms. The van der Waals surface area contributed by atoms with E-state index in [1.807, 2.05) is 50.2 Å². The van der Waals surface area contributed by atoms with Crippen molar-refractivity contribution in [2.75, 3.05) is 13.2 Å². The van der Waals surface area contributed by atoms with Gasteiger partial charge >= 0.3 is 7.69 Å². The van der Waals surface area contributed by atoms with Gasteiger partial charge in [-0.3, -0.25) is 0 Å². The summed E-state index contributed by atoms with van der Waals surface area (Å²) in [6.07, 6.45) is 0. The lowest BCUT2D eigenvalue weighted by atomic mass is 10.2. The fraction of sp³-hybridized carbons (Fsp3) is 0.250. The molecule has 0 atom stereocenters. The van der Waals surface area contributed by atoms with Gasteiger partial charge in [0.05, 0.1) is 13.2 Å². The average Bonchev–Trinajstić information content (AvgIpc) is 2.49. The van der Waals surface area contributed by atoms with Crippen LogP contribution in [0.4, 0.5) is 0 Å². The largest absolute Gasteiger partial charge is 0.658 e. The van der Waals surface area contributed by atoms with Crippen molar-refractivity contribution < 1.29 is 18.8 Å². The summed E-state index contributed by atoms with van der Waals surface area (Å²) in [5.74, 6) is 2.84. The molecule has 0 saturated carbocycles. The Labute approximate surface area is 125 Å². The quantitative estimate of drug-likeness (QED) is 0.696. The molecule has 0 spiro atoms. The minimum atomic E-state index is 0.619. The Morgan fingerprint density at radius 1 is 0.714 bits per heavy atom. The van der Waals surface area contributed by atoms with Crippen molar-refractivity contribution in [3.05, 3.63) is 48.5 Å². The molecule has 0 aliphatic heterocycles. The molecular weight excluding hydrogens is 267 g/mol. The number of benzene rings is 2. The van der Waals surface area contributed by atoms with Gasteiger partial charge < -0.3 is 18.8 Å². The number of ether oxygens (including phenoxy) is 2. The molecule has 0 bridgehead atoms. The zero-order chi connectivity index (χ0) is 14.9. The second-order valence-corrected chi connectivity index (χ2v) is 4.15. The Bertz CT molecular complexity index is 510. The first-order valence-corrected chi connectivity index (χ1v) is 6.92. The van der Waals surface area contributed by atoms with Crippen LogP contribution in [-0.4, -0.2) is 20.9 Å². The Balaban J connectivity index is 1.86. The molecule has 109 valence electrons. The lowest BCUT2D eigenvalue weighted by Crippen LogP contribution is -2.11. The van der Waals surface area contributed by atoms with Gasteiger partial charge in [-0.25, -0.2) is 0 Å². The van der Waals surface area contributed by atoms with Crippen molar-refractivity contribution in [2.24, 2.45) is 0 Å². The van der Waals surface area contributed by atoms with Gasteiger partial charge in [-0.1, -0.05) is 12.1 Å². The van der Waals surface area contributed by atoms with Crippen molar-refractivity contribution in [3.63, 3.8) is 0 Å². The Morgan fingerprint density at radius 2 is 1.14 bits per heavy atom. The molecular formula is C16H18BO4. The zero-order valence-corrected chi connectivity index (χ0v) is 12.2. The van der Waals surface area contributed by atoms with E-state index >= 15 is 0 Å². The van der Waals surface area contributed by atoms with Crippen molar-refractivity contribution in [1.29, 1.82) is 0 Å². The van der Waals surface area contributed by atoms with Crippen LogP contribution >= 0.6 is 0 Å². The second kappa shape index (κ2) is 8.09. The molecule has 0 N–H and O–H groups in total. The maximum absolute atomic E-state index is 5.43. The highest BCUT2D eigenvalue weighted by Gasteiger charge is 2.04. The van der Waals surface area contributed by atoms with Crippen molar-refractivity contribution in [1.82, 2.24) is 0 Å². The van der Waals surface area contributed by atoms with Crippen LogP contribution < -0.4 is 18.8 Å². The van der Waals surface area contributed by atoms with Crippen molar-refractivity contribution >= 4 is 7.69 Å². The molecule has 0 saturated heterocycles. The monoisotopic (exact) mass is 285 g/mol. The van der Waals surface area contributed by atoms with Crippen molar-refractivity contribution in [2.45, 2.75) is 13.8 Å². The molecule has 2 aromatic rings. The van der Waals surface area contributed by atoms with E-state index < -0.39 is 0 Å². The highest BCUT2D eigenvalue weighted by molar-refractivity contribution is 6.20. The molecule has 0 aliphatic carbocycles. The summed E-state index contributed by atoms with van der Waals surface area (Å²) < 4.78 is 21.7. The first kappa shape index (κ1) is 15.1. The molecule has 1 radical (unpaired) electrons. The van der Waals surface area contributed by atoms with Crippen LogP contribution in [0.1, 0.15) is 13.8 Å². The Kier molecular flexibility index (Phi) is 5.82. The van der Waals surface area contributed by atoms with E-state index in [1.54, 1.807) is 12.1 Å². The summed E-state index contributed by atoms with van der Waals surface area (Å²) in [5, 5.41) is 0. The molecule has 21 heavy (non-hydrogen) atoms. The van der Waals surface area contributed by atoms with E-state index in [1.165, 1.54) is 7.69 Å². The third-order valence-corrected chi connectivity index (χ3v) is 2.60. The maximum Gasteiger partial charge on any atom is 0.658 e. The molecule has 0 fully saturated rings. The predicted octanol–water partition coefficient (Wildman–Crippen LogP) is 3.48. The average molecular weight is 285 g/mol. The van der Waals surface area contributed by atoms with E-state index in [0.29, 0.717) is 24.7 Å². The lowest BCUT2D eigenvalue weighted by molar-refractivity contribution is 0.338. The summed E-state index contributed by atoms with van der Waals surface area (Å²) in [6, 6.07) is 14.8. The van der Waals surface area contributed by atoms with Crippen LogP contribution in [0.5, 0.6) is 23.0 Å². The Morgan fingerprint density at radius 3 is 1.57 bits per heavy atom. The van der Waals surface area contributed by atoms with Gasteiger partial charge in [0.25, 0.3) is 0 Å². The van der Waals surface area contributed by atoms with Gasteiger partial charge in [0, 0.05) is 12.1 Å². The third kappa shape index (κ3) is 4.95. The third-order valence-electron chi connectivity index (χ3n) is 2.60. The van der Waals surface area contributed by atoms with Crippen LogP contribution in [0.25, 0.3) is 0 Å². The predicted molar refractivity (Wildman–Crippen MR) is 82.2 cm³/mol. The van der Waals surface area contributed by atoms with Gasteiger partial charge in [0.15, 0.2) is 0 Å². The van der Waals surface area contributed by atoms with Gasteiger partial charge in [0.2, 0.25) is 0 Å². The lowest BCUT2D eigenvalue weighted by Gasteiger charge is -2.09. The van der Waals surface area contributed by atoms with Crippen LogP contribution in [0, 0.1) is 0 Å². The van der Waals surface area contributed by atoms with E-state index in [9.17, 15) is 0 Å². The highest BCUT2D eigenvalue weighted by atomic mass is 16.6. The summed E-state index contributed by atoms with van der Waals surface area (Å²) in [7, 11) is 1.29. The molecule has 0 heterocycles. The molecule has 4 nitrogen and oxygen atoms in total. The van der Waals surface area contributed by atoms with E-state index in [4.69, 9.17) is 18.8 Å². The summed E-state index contributed by atoms with van der Waals surface area (Å²) in [4.78, 5) is 0. The van der Waals surface area contributed by atoms with Gasteiger partial charge in [-0.05, 0) is 38.1 Å². The number of hydrogen-bond donors (Lipinski definition) is 0. The molecule has 0 aromatic heterocycles. The van der Waals surface area contributed by atoms with E-state index in [2.05, 4.69) is 0 Å². The molecule has 2 aromatic carbocycles. The van der Waals surface area contributed by atoms with E-state index in [0.717, 1.165) is 11.5 Å². The topological polar surface area (TPSA) is 36.9 Å². The molecule has 0 unspecified atom stereocenters.